The summed E-state index contributed by atoms with van der Waals surface area (Å²) in [6.07, 6.45) is 6.03. The molecule has 0 aromatic heterocycles. The summed E-state index contributed by atoms with van der Waals surface area (Å²) in [5.74, 6) is 0. The van der Waals surface area contributed by atoms with Crippen LogP contribution in [0.2, 0.25) is 0 Å². The van der Waals surface area contributed by atoms with Crippen LogP contribution in [0.5, 0.6) is 0 Å². The van der Waals surface area contributed by atoms with Crippen LogP contribution in [0.15, 0.2) is 0 Å². The van der Waals surface area contributed by atoms with Crippen molar-refractivity contribution in [2.75, 3.05) is 0 Å². The third-order valence-electron chi connectivity index (χ3n) is 1.80. The average molecular weight is 239 g/mol. The summed E-state index contributed by atoms with van der Waals surface area (Å²) in [6, 6.07) is 0. The number of hydrogen-bond donors (Lipinski definition) is 1. The van der Waals surface area contributed by atoms with Crippen molar-refractivity contribution in [3.05, 3.63) is 0 Å². The van der Waals surface area contributed by atoms with Crippen molar-refractivity contribution in [3.63, 3.8) is 0 Å². The molecule has 1 radical (unpaired) electrons. The first-order valence-corrected chi connectivity index (χ1v) is 6.96. The van der Waals surface area contributed by atoms with Gasteiger partial charge in [-0.05, 0) is 0 Å². The van der Waals surface area contributed by atoms with Crippen LogP contribution < -0.4 is 0 Å². The van der Waals surface area contributed by atoms with Crippen LogP contribution in [0.25, 0.3) is 0 Å². The molecular weight excluding hydrogens is 227 g/mol. The van der Waals surface area contributed by atoms with Crippen molar-refractivity contribution in [1.82, 2.24) is 0 Å². The molecule has 1 fully saturated rings. The Balaban J connectivity index is 2.09. The molecule has 3 nitrogen and oxygen atoms in total. The van der Waals surface area contributed by atoms with Crippen molar-refractivity contribution in [2.24, 2.45) is 0 Å². The summed E-state index contributed by atoms with van der Waals surface area (Å²) in [5, 5.41) is 0.460. The van der Waals surface area contributed by atoms with Gasteiger partial charge in [0.2, 0.25) is 0 Å². The molecule has 0 aromatic carbocycles. The predicted octanol–water partition coefficient (Wildman–Crippen LogP) is 1.39. The summed E-state index contributed by atoms with van der Waals surface area (Å²) in [4.78, 5) is 0. The first kappa shape index (κ1) is 9.71. The zero-order valence-electron chi connectivity index (χ0n) is 6.23. The molecule has 0 aliphatic heterocycles. The van der Waals surface area contributed by atoms with Crippen LogP contribution >= 0.6 is 12.0 Å². The molecule has 1 aliphatic carbocycles. The van der Waals surface area contributed by atoms with Crippen molar-refractivity contribution in [3.8, 4) is 0 Å². The summed E-state index contributed by atoms with van der Waals surface area (Å²) in [5.41, 5.74) is 0. The SMILES string of the molecule is O=[As](O)OSC1CCCCC1. The first-order valence-electron chi connectivity index (χ1n) is 3.78. The second kappa shape index (κ2) is 5.31. The molecule has 1 aliphatic rings. The Morgan fingerprint density at radius 3 is 2.55 bits per heavy atom. The molecule has 1 N–H and O–H groups in total. The molecule has 0 heterocycles. The van der Waals surface area contributed by atoms with E-state index in [1.54, 1.807) is 0 Å². The van der Waals surface area contributed by atoms with E-state index in [1.165, 1.54) is 31.3 Å². The van der Waals surface area contributed by atoms with Crippen LogP contribution in [-0.2, 0) is 6.91 Å². The number of rotatable bonds is 3. The van der Waals surface area contributed by atoms with Crippen molar-refractivity contribution >= 4 is 27.3 Å². The van der Waals surface area contributed by atoms with E-state index >= 15 is 0 Å². The first-order chi connectivity index (χ1) is 5.29. The second-order valence-corrected chi connectivity index (χ2v) is 5.61. The van der Waals surface area contributed by atoms with E-state index in [1.807, 2.05) is 0 Å². The van der Waals surface area contributed by atoms with Gasteiger partial charge in [-0.1, -0.05) is 0 Å². The Bertz CT molecular complexity index is 136. The molecule has 0 amide bonds. The van der Waals surface area contributed by atoms with Gasteiger partial charge in [-0.2, -0.15) is 0 Å². The van der Waals surface area contributed by atoms with Crippen LogP contribution in [0.4, 0.5) is 0 Å². The molecule has 1 unspecified atom stereocenters. The Labute approximate surface area is 75.9 Å². The maximum atomic E-state index is 10.2. The molecule has 0 aromatic rings. The summed E-state index contributed by atoms with van der Waals surface area (Å²) in [6.45, 7) is 0. The third kappa shape index (κ3) is 4.26. The Kier molecular flexibility index (Phi) is 4.69. The quantitative estimate of drug-likeness (QED) is 0.597. The van der Waals surface area contributed by atoms with E-state index in [9.17, 15) is 3.74 Å². The molecular formula is C6H12AsO3S. The fraction of sp³-hybridized carbons (Fsp3) is 1.00. The van der Waals surface area contributed by atoms with Crippen LogP contribution in [0, 0.1) is 0 Å². The van der Waals surface area contributed by atoms with E-state index in [0.29, 0.717) is 5.25 Å². The average Bonchev–Trinajstić information content (AvgIpc) is 2.03. The molecule has 0 saturated heterocycles. The van der Waals surface area contributed by atoms with Crippen molar-refractivity contribution < 1.29 is 11.0 Å². The molecule has 0 bridgehead atoms. The predicted molar refractivity (Wildman–Crippen MR) is 44.2 cm³/mol. The van der Waals surface area contributed by atoms with Gasteiger partial charge in [0.25, 0.3) is 0 Å². The van der Waals surface area contributed by atoms with E-state index in [0.717, 1.165) is 12.8 Å². The van der Waals surface area contributed by atoms with E-state index in [2.05, 4.69) is 3.17 Å². The summed E-state index contributed by atoms with van der Waals surface area (Å²) in [7, 11) is 0. The fourth-order valence-electron chi connectivity index (χ4n) is 1.26. The van der Waals surface area contributed by atoms with E-state index in [-0.39, 0.29) is 0 Å². The van der Waals surface area contributed by atoms with Gasteiger partial charge in [0, 0.05) is 0 Å². The van der Waals surface area contributed by atoms with Gasteiger partial charge < -0.3 is 0 Å². The van der Waals surface area contributed by atoms with Gasteiger partial charge in [0.1, 0.15) is 0 Å². The minimum atomic E-state index is -3.09. The second-order valence-electron chi connectivity index (χ2n) is 2.67. The molecule has 0 spiro atoms. The zero-order chi connectivity index (χ0) is 8.10. The Morgan fingerprint density at radius 1 is 1.36 bits per heavy atom. The zero-order valence-corrected chi connectivity index (χ0v) is 8.93. The molecule has 11 heavy (non-hydrogen) atoms. The summed E-state index contributed by atoms with van der Waals surface area (Å²) < 4.78 is 23.3. The van der Waals surface area contributed by atoms with Crippen LogP contribution in [0.3, 0.4) is 0 Å². The normalized spacial score (nSPS) is 21.7. The number of hydrogen-bond acceptors (Lipinski definition) is 3. The monoisotopic (exact) mass is 239 g/mol. The van der Waals surface area contributed by atoms with Gasteiger partial charge in [-0.3, -0.25) is 0 Å². The van der Waals surface area contributed by atoms with Crippen LogP contribution in [0.1, 0.15) is 32.1 Å². The standard InChI is InChI=1S/C6H12AsO3S/c8-7(9)10-11-6-4-2-1-3-5-6/h6H,1-5H2,(H,8,9). The summed E-state index contributed by atoms with van der Waals surface area (Å²) >= 11 is -1.88. The van der Waals surface area contributed by atoms with Gasteiger partial charge in [-0.25, -0.2) is 0 Å². The van der Waals surface area contributed by atoms with Gasteiger partial charge in [0.15, 0.2) is 0 Å². The van der Waals surface area contributed by atoms with Crippen molar-refractivity contribution in [1.29, 1.82) is 0 Å². The van der Waals surface area contributed by atoms with Crippen LogP contribution in [-0.4, -0.2) is 24.6 Å². The van der Waals surface area contributed by atoms with E-state index < -0.39 is 15.3 Å². The molecule has 5 heteroatoms. The third-order valence-corrected chi connectivity index (χ3v) is 4.10. The van der Waals surface area contributed by atoms with Gasteiger partial charge >= 0.3 is 75.7 Å². The Morgan fingerprint density at radius 2 is 2.00 bits per heavy atom. The molecule has 1 rings (SSSR count). The fourth-order valence-corrected chi connectivity index (χ4v) is 3.21. The molecule has 1 atom stereocenters. The maximum absolute atomic E-state index is 10.2. The van der Waals surface area contributed by atoms with Gasteiger partial charge in [-0.15, -0.1) is 0 Å². The molecule has 65 valence electrons. The minimum absolute atomic E-state index is 0.460. The Hall–Kier alpha value is 0.628. The van der Waals surface area contributed by atoms with Gasteiger partial charge in [0.05, 0.1) is 0 Å². The topological polar surface area (TPSA) is 46.5 Å². The molecule has 1 saturated carbocycles. The van der Waals surface area contributed by atoms with Crippen molar-refractivity contribution in [2.45, 2.75) is 37.4 Å². The van der Waals surface area contributed by atoms with E-state index in [4.69, 9.17) is 4.10 Å².